The molecule has 0 radical (unpaired) electrons. The van der Waals surface area contributed by atoms with Crippen molar-refractivity contribution in [3.05, 3.63) is 21.4 Å². The summed E-state index contributed by atoms with van der Waals surface area (Å²) in [7, 11) is 0. The normalized spacial score (nSPS) is 21.8. The van der Waals surface area contributed by atoms with Gasteiger partial charge in [-0.25, -0.2) is 0 Å². The lowest BCUT2D eigenvalue weighted by Gasteiger charge is -2.22. The monoisotopic (exact) mass is 286 g/mol. The van der Waals surface area contributed by atoms with Gasteiger partial charge in [-0.05, 0) is 43.7 Å². The van der Waals surface area contributed by atoms with Crippen LogP contribution in [0.1, 0.15) is 39.4 Å². The number of amides is 1. The lowest BCUT2D eigenvalue weighted by Crippen LogP contribution is -2.39. The number of likely N-dealkylation sites (tertiary alicyclic amines) is 1. The molecule has 18 heavy (non-hydrogen) atoms. The van der Waals surface area contributed by atoms with Crippen LogP contribution in [0.25, 0.3) is 0 Å². The van der Waals surface area contributed by atoms with Crippen LogP contribution in [-0.2, 0) is 12.8 Å². The van der Waals surface area contributed by atoms with E-state index < -0.39 is 0 Å². The predicted molar refractivity (Wildman–Crippen MR) is 76.7 cm³/mol. The molecular formula is C13H19ClN2OS. The zero-order valence-electron chi connectivity index (χ0n) is 10.4. The molecule has 1 aliphatic heterocycles. The molecule has 1 atom stereocenters. The van der Waals surface area contributed by atoms with E-state index in [1.54, 1.807) is 11.3 Å². The van der Waals surface area contributed by atoms with Crippen molar-refractivity contribution in [3.63, 3.8) is 0 Å². The van der Waals surface area contributed by atoms with E-state index in [1.807, 2.05) is 4.90 Å². The number of fused-ring (bicyclic) bond motifs is 1. The first kappa shape index (κ1) is 13.8. The average Bonchev–Trinajstić information content (AvgIpc) is 3.02. The SMILES string of the molecule is Cl.NCC1CCCN1C(=O)c1cc2c(s1)CCC2. The molecule has 1 aliphatic carbocycles. The van der Waals surface area contributed by atoms with Crippen LogP contribution in [0, 0.1) is 0 Å². The van der Waals surface area contributed by atoms with Crippen molar-refractivity contribution in [2.75, 3.05) is 13.1 Å². The van der Waals surface area contributed by atoms with Crippen LogP contribution in [-0.4, -0.2) is 29.9 Å². The molecule has 3 nitrogen and oxygen atoms in total. The fourth-order valence-electron chi connectivity index (χ4n) is 2.92. The van der Waals surface area contributed by atoms with E-state index in [0.717, 1.165) is 37.1 Å². The molecule has 2 heterocycles. The van der Waals surface area contributed by atoms with Gasteiger partial charge >= 0.3 is 0 Å². The lowest BCUT2D eigenvalue weighted by molar-refractivity contribution is 0.0746. The molecule has 2 N–H and O–H groups in total. The molecule has 0 spiro atoms. The van der Waals surface area contributed by atoms with E-state index in [9.17, 15) is 4.79 Å². The molecule has 1 unspecified atom stereocenters. The number of halogens is 1. The number of aryl methyl sites for hydroxylation is 2. The molecule has 0 aromatic carbocycles. The van der Waals surface area contributed by atoms with Gasteiger partial charge < -0.3 is 10.6 Å². The fraction of sp³-hybridized carbons (Fsp3) is 0.615. The summed E-state index contributed by atoms with van der Waals surface area (Å²) in [5, 5.41) is 0. The Hall–Kier alpha value is -0.580. The van der Waals surface area contributed by atoms with Crippen LogP contribution in [0.4, 0.5) is 0 Å². The number of nitrogens with two attached hydrogens (primary N) is 1. The molecule has 3 rings (SSSR count). The minimum absolute atomic E-state index is 0. The van der Waals surface area contributed by atoms with E-state index in [4.69, 9.17) is 5.73 Å². The van der Waals surface area contributed by atoms with E-state index in [0.29, 0.717) is 6.54 Å². The molecule has 1 aromatic rings. The topological polar surface area (TPSA) is 46.3 Å². The summed E-state index contributed by atoms with van der Waals surface area (Å²) in [6.07, 6.45) is 5.73. The number of carbonyl (C=O) groups is 1. The zero-order chi connectivity index (χ0) is 11.8. The van der Waals surface area contributed by atoms with Crippen molar-refractivity contribution in [1.29, 1.82) is 0 Å². The Bertz CT molecular complexity index is 425. The first-order chi connectivity index (χ1) is 8.29. The van der Waals surface area contributed by atoms with Crippen LogP contribution in [0.2, 0.25) is 0 Å². The minimum Gasteiger partial charge on any atom is -0.334 e. The maximum atomic E-state index is 12.4. The predicted octanol–water partition coefficient (Wildman–Crippen LogP) is 2.22. The Kier molecular flexibility index (Phi) is 4.30. The summed E-state index contributed by atoms with van der Waals surface area (Å²) in [4.78, 5) is 16.7. The maximum Gasteiger partial charge on any atom is 0.264 e. The second kappa shape index (κ2) is 5.59. The Morgan fingerprint density at radius 1 is 1.44 bits per heavy atom. The second-order valence-electron chi connectivity index (χ2n) is 4.94. The molecule has 1 fully saturated rings. The summed E-state index contributed by atoms with van der Waals surface area (Å²) in [6, 6.07) is 2.38. The van der Waals surface area contributed by atoms with Gasteiger partial charge in [0.1, 0.15) is 0 Å². The van der Waals surface area contributed by atoms with Crippen molar-refractivity contribution in [2.24, 2.45) is 5.73 Å². The smallest absolute Gasteiger partial charge is 0.264 e. The molecule has 2 aliphatic rings. The third-order valence-corrected chi connectivity index (χ3v) is 5.09. The molecular weight excluding hydrogens is 268 g/mol. The summed E-state index contributed by atoms with van der Waals surface area (Å²) >= 11 is 1.70. The quantitative estimate of drug-likeness (QED) is 0.906. The van der Waals surface area contributed by atoms with Crippen molar-refractivity contribution < 1.29 is 4.79 Å². The number of hydrogen-bond donors (Lipinski definition) is 1. The second-order valence-corrected chi connectivity index (χ2v) is 6.08. The van der Waals surface area contributed by atoms with E-state index in [2.05, 4.69) is 6.07 Å². The number of hydrogen-bond acceptors (Lipinski definition) is 3. The Balaban J connectivity index is 0.00000120. The largest absolute Gasteiger partial charge is 0.334 e. The van der Waals surface area contributed by atoms with Gasteiger partial charge in [0, 0.05) is 24.0 Å². The summed E-state index contributed by atoms with van der Waals surface area (Å²) < 4.78 is 0. The van der Waals surface area contributed by atoms with Gasteiger partial charge in [0.25, 0.3) is 5.91 Å². The van der Waals surface area contributed by atoms with Gasteiger partial charge in [0.05, 0.1) is 4.88 Å². The molecule has 5 heteroatoms. The van der Waals surface area contributed by atoms with E-state index in [1.165, 1.54) is 16.9 Å². The van der Waals surface area contributed by atoms with Crippen LogP contribution in [0.5, 0.6) is 0 Å². The lowest BCUT2D eigenvalue weighted by atomic mass is 10.2. The summed E-state index contributed by atoms with van der Waals surface area (Å²) in [5.41, 5.74) is 7.13. The number of rotatable bonds is 2. The van der Waals surface area contributed by atoms with Gasteiger partial charge in [-0.2, -0.15) is 0 Å². The first-order valence-corrected chi connectivity index (χ1v) is 7.24. The van der Waals surface area contributed by atoms with Crippen molar-refractivity contribution in [1.82, 2.24) is 4.90 Å². The summed E-state index contributed by atoms with van der Waals surface area (Å²) in [6.45, 7) is 1.47. The van der Waals surface area contributed by atoms with Gasteiger partial charge in [-0.15, -0.1) is 23.7 Å². The van der Waals surface area contributed by atoms with Crippen LogP contribution in [0.15, 0.2) is 6.07 Å². The summed E-state index contributed by atoms with van der Waals surface area (Å²) in [5.74, 6) is 0.206. The highest BCUT2D eigenvalue weighted by atomic mass is 35.5. The van der Waals surface area contributed by atoms with Gasteiger partial charge in [0.2, 0.25) is 0 Å². The molecule has 100 valence electrons. The highest BCUT2D eigenvalue weighted by Gasteiger charge is 2.30. The molecule has 1 aromatic heterocycles. The Morgan fingerprint density at radius 2 is 2.28 bits per heavy atom. The van der Waals surface area contributed by atoms with Gasteiger partial charge in [-0.1, -0.05) is 0 Å². The average molecular weight is 287 g/mol. The number of thiophene rings is 1. The van der Waals surface area contributed by atoms with Crippen LogP contribution >= 0.6 is 23.7 Å². The highest BCUT2D eigenvalue weighted by molar-refractivity contribution is 7.14. The highest BCUT2D eigenvalue weighted by Crippen LogP contribution is 2.32. The van der Waals surface area contributed by atoms with Crippen LogP contribution in [0.3, 0.4) is 0 Å². The molecule has 1 saturated heterocycles. The zero-order valence-corrected chi connectivity index (χ0v) is 12.0. The van der Waals surface area contributed by atoms with Gasteiger partial charge in [0.15, 0.2) is 0 Å². The number of carbonyl (C=O) groups excluding carboxylic acids is 1. The van der Waals surface area contributed by atoms with Crippen molar-refractivity contribution >= 4 is 29.7 Å². The molecule has 0 saturated carbocycles. The fourth-order valence-corrected chi connectivity index (χ4v) is 4.13. The Labute approximate surface area is 118 Å². The Morgan fingerprint density at radius 3 is 3.00 bits per heavy atom. The third-order valence-electron chi connectivity index (χ3n) is 3.87. The van der Waals surface area contributed by atoms with E-state index in [-0.39, 0.29) is 24.4 Å². The van der Waals surface area contributed by atoms with Crippen LogP contribution < -0.4 is 5.73 Å². The standard InChI is InChI=1S/C13H18N2OS.ClH/c14-8-10-4-2-6-15(10)13(16)12-7-9-3-1-5-11(9)17-12;/h7,10H,1-6,8,14H2;1H. The minimum atomic E-state index is 0. The number of nitrogens with zero attached hydrogens (tertiary/aromatic N) is 1. The maximum absolute atomic E-state index is 12.4. The molecule has 0 bridgehead atoms. The third kappa shape index (κ3) is 2.29. The molecule has 1 amide bonds. The van der Waals surface area contributed by atoms with Crippen molar-refractivity contribution in [3.8, 4) is 0 Å². The van der Waals surface area contributed by atoms with Gasteiger partial charge in [-0.3, -0.25) is 4.79 Å². The first-order valence-electron chi connectivity index (χ1n) is 6.42. The van der Waals surface area contributed by atoms with Crippen molar-refractivity contribution in [2.45, 2.75) is 38.1 Å². The van der Waals surface area contributed by atoms with E-state index >= 15 is 0 Å².